The normalized spacial score (nSPS) is 10.9. The zero-order valence-electron chi connectivity index (χ0n) is 9.78. The molecule has 0 aliphatic carbocycles. The van der Waals surface area contributed by atoms with Crippen LogP contribution in [0.1, 0.15) is 5.56 Å². The summed E-state index contributed by atoms with van der Waals surface area (Å²) in [7, 11) is 0. The number of thioether (sulfide) groups is 1. The van der Waals surface area contributed by atoms with Crippen molar-refractivity contribution in [2.24, 2.45) is 0 Å². The van der Waals surface area contributed by atoms with Gasteiger partial charge >= 0.3 is 0 Å². The predicted octanol–water partition coefficient (Wildman–Crippen LogP) is 1.42. The standard InChI is InChI=1S/C12H10N4O2S/c17-9-6-10(18)16-11(13-9)14-12(15-16)19-7-8-4-2-1-3-5-8/h1-6,18H,7H2,(H,13,14,15,17)/i12+2. The van der Waals surface area contributed by atoms with E-state index in [0.717, 1.165) is 17.4 Å². The Morgan fingerprint density at radius 2 is 2.16 bits per heavy atom. The second-order valence-electron chi connectivity index (χ2n) is 3.90. The number of aromatic amines is 1. The van der Waals surface area contributed by atoms with Crippen molar-refractivity contribution < 1.29 is 5.11 Å². The Morgan fingerprint density at radius 3 is 2.95 bits per heavy atom. The van der Waals surface area contributed by atoms with Gasteiger partial charge < -0.3 is 5.11 Å². The van der Waals surface area contributed by atoms with E-state index in [1.807, 2.05) is 30.3 Å². The third-order valence-corrected chi connectivity index (χ3v) is 3.42. The number of aromatic hydroxyl groups is 1. The van der Waals surface area contributed by atoms with Crippen molar-refractivity contribution in [1.82, 2.24) is 19.6 Å². The van der Waals surface area contributed by atoms with Crippen LogP contribution in [0, 0.1) is 0 Å². The second-order valence-corrected chi connectivity index (χ2v) is 4.84. The van der Waals surface area contributed by atoms with Gasteiger partial charge in [-0.3, -0.25) is 9.78 Å². The summed E-state index contributed by atoms with van der Waals surface area (Å²) in [5, 5.41) is 14.2. The first-order chi connectivity index (χ1) is 9.22. The highest BCUT2D eigenvalue weighted by Crippen LogP contribution is 2.20. The van der Waals surface area contributed by atoms with Crippen molar-refractivity contribution in [1.29, 1.82) is 0 Å². The van der Waals surface area contributed by atoms with E-state index in [0.29, 0.717) is 5.16 Å². The molecule has 0 bridgehead atoms. The molecule has 3 aromatic rings. The molecular weight excluding hydrogens is 266 g/mol. The molecule has 0 amide bonds. The van der Waals surface area contributed by atoms with Crippen LogP contribution in [-0.2, 0) is 5.75 Å². The fourth-order valence-electron chi connectivity index (χ4n) is 1.64. The first kappa shape index (κ1) is 11.8. The molecule has 0 radical (unpaired) electrons. The summed E-state index contributed by atoms with van der Waals surface area (Å²) in [6, 6.07) is 11.0. The van der Waals surface area contributed by atoms with Gasteiger partial charge in [-0.25, -0.2) is 0 Å². The molecule has 19 heavy (non-hydrogen) atoms. The first-order valence-electron chi connectivity index (χ1n) is 5.58. The fraction of sp³-hybridized carbons (Fsp3) is 0.0833. The molecule has 2 heterocycles. The molecule has 2 N–H and O–H groups in total. The highest BCUT2D eigenvalue weighted by molar-refractivity contribution is 7.98. The molecular formula is C12H10N4O2S. The van der Waals surface area contributed by atoms with Crippen LogP contribution in [0.25, 0.3) is 5.78 Å². The Hall–Kier alpha value is -2.28. The zero-order chi connectivity index (χ0) is 13.2. The van der Waals surface area contributed by atoms with Gasteiger partial charge in [0.2, 0.25) is 16.8 Å². The van der Waals surface area contributed by atoms with Crippen molar-refractivity contribution in [3.63, 3.8) is 0 Å². The van der Waals surface area contributed by atoms with E-state index < -0.39 is 5.56 Å². The molecule has 0 saturated carbocycles. The summed E-state index contributed by atoms with van der Waals surface area (Å²) < 4.78 is 1.20. The summed E-state index contributed by atoms with van der Waals surface area (Å²) in [5.41, 5.74) is 0.751. The van der Waals surface area contributed by atoms with E-state index >= 15 is 0 Å². The Labute approximate surface area is 112 Å². The highest BCUT2D eigenvalue weighted by atomic mass is 32.2. The van der Waals surface area contributed by atoms with E-state index in [1.165, 1.54) is 16.3 Å². The Bertz CT molecular complexity index is 766. The van der Waals surface area contributed by atoms with Gasteiger partial charge in [-0.15, -0.1) is 5.10 Å². The number of fused-ring (bicyclic) bond motifs is 1. The largest absolute Gasteiger partial charge is 0.493 e. The van der Waals surface area contributed by atoms with Gasteiger partial charge in [-0.1, -0.05) is 42.1 Å². The lowest BCUT2D eigenvalue weighted by atomic mass is 10.2. The Morgan fingerprint density at radius 1 is 1.37 bits per heavy atom. The van der Waals surface area contributed by atoms with E-state index in [4.69, 9.17) is 0 Å². The van der Waals surface area contributed by atoms with Gasteiger partial charge in [0.1, 0.15) is 0 Å². The topological polar surface area (TPSA) is 83.3 Å². The average molecular weight is 276 g/mol. The van der Waals surface area contributed by atoms with Crippen LogP contribution in [0.2, 0.25) is 0 Å². The van der Waals surface area contributed by atoms with Gasteiger partial charge in [0, 0.05) is 5.75 Å². The molecule has 0 atom stereocenters. The number of nitrogens with one attached hydrogen (secondary N) is 1. The Kier molecular flexibility index (Phi) is 2.96. The maximum Gasteiger partial charge on any atom is 0.256 e. The maximum atomic E-state index is 11.2. The van der Waals surface area contributed by atoms with Gasteiger partial charge in [-0.05, 0) is 5.56 Å². The molecule has 7 heteroatoms. The summed E-state index contributed by atoms with van der Waals surface area (Å²) in [5.74, 6) is 0.737. The van der Waals surface area contributed by atoms with Crippen molar-refractivity contribution in [2.75, 3.05) is 0 Å². The minimum atomic E-state index is -0.406. The van der Waals surface area contributed by atoms with Crippen LogP contribution in [-0.4, -0.2) is 24.7 Å². The third-order valence-electron chi connectivity index (χ3n) is 2.51. The quantitative estimate of drug-likeness (QED) is 0.707. The number of aromatic nitrogens is 4. The highest BCUT2D eigenvalue weighted by Gasteiger charge is 2.08. The van der Waals surface area contributed by atoms with Crippen LogP contribution >= 0.6 is 11.8 Å². The summed E-state index contributed by atoms with van der Waals surface area (Å²) in [6.07, 6.45) is 0. The van der Waals surface area contributed by atoms with Crippen LogP contribution < -0.4 is 5.56 Å². The lowest BCUT2D eigenvalue weighted by Gasteiger charge is -1.96. The smallest absolute Gasteiger partial charge is 0.256 e. The SMILES string of the molecule is O=c1cc(O)n2n[14c](SCc3ccccc3)nc2[nH]1. The van der Waals surface area contributed by atoms with Gasteiger partial charge in [0.25, 0.3) is 5.56 Å². The van der Waals surface area contributed by atoms with Crippen LogP contribution in [0.5, 0.6) is 5.88 Å². The summed E-state index contributed by atoms with van der Waals surface area (Å²) in [6.45, 7) is 0. The molecule has 0 fully saturated rings. The molecule has 0 aliphatic rings. The fourth-order valence-corrected chi connectivity index (χ4v) is 2.42. The van der Waals surface area contributed by atoms with Gasteiger partial charge in [0.15, 0.2) is 0 Å². The first-order valence-corrected chi connectivity index (χ1v) is 6.57. The number of benzene rings is 1. The van der Waals surface area contributed by atoms with Crippen molar-refractivity contribution in [3.8, 4) is 5.88 Å². The van der Waals surface area contributed by atoms with E-state index in [1.54, 1.807) is 0 Å². The number of nitrogens with zero attached hydrogens (tertiary/aromatic N) is 3. The molecule has 2 aromatic heterocycles. The van der Waals surface area contributed by atoms with E-state index in [2.05, 4.69) is 15.1 Å². The minimum Gasteiger partial charge on any atom is -0.493 e. The van der Waals surface area contributed by atoms with Crippen molar-refractivity contribution >= 4 is 17.5 Å². The molecule has 0 saturated heterocycles. The maximum absolute atomic E-state index is 11.2. The number of rotatable bonds is 3. The molecule has 0 aliphatic heterocycles. The molecule has 6 nitrogen and oxygen atoms in total. The van der Waals surface area contributed by atoms with Crippen molar-refractivity contribution in [2.45, 2.75) is 10.9 Å². The number of H-pyrrole nitrogens is 1. The zero-order valence-corrected chi connectivity index (χ0v) is 10.6. The molecule has 0 spiro atoms. The number of hydrogen-bond donors (Lipinski definition) is 2. The lowest BCUT2D eigenvalue weighted by molar-refractivity contribution is 0.433. The van der Waals surface area contributed by atoms with Crippen LogP contribution in [0.4, 0.5) is 0 Å². The van der Waals surface area contributed by atoms with Gasteiger partial charge in [-0.2, -0.15) is 9.50 Å². The monoisotopic (exact) mass is 276 g/mol. The molecule has 3 rings (SSSR count). The van der Waals surface area contributed by atoms with E-state index in [-0.39, 0.29) is 11.7 Å². The summed E-state index contributed by atoms with van der Waals surface area (Å²) >= 11 is 1.44. The summed E-state index contributed by atoms with van der Waals surface area (Å²) in [4.78, 5) is 17.8. The predicted molar refractivity (Wildman–Crippen MR) is 71.3 cm³/mol. The average Bonchev–Trinajstić information content (AvgIpc) is 2.81. The van der Waals surface area contributed by atoms with E-state index in [9.17, 15) is 9.90 Å². The van der Waals surface area contributed by atoms with Gasteiger partial charge in [0.05, 0.1) is 6.07 Å². The third kappa shape index (κ3) is 2.45. The lowest BCUT2D eigenvalue weighted by Crippen LogP contribution is -2.07. The minimum absolute atomic E-state index is 0.224. The molecule has 1 aromatic carbocycles. The second kappa shape index (κ2) is 4.77. The molecule has 96 valence electrons. The number of hydrogen-bond acceptors (Lipinski definition) is 5. The van der Waals surface area contributed by atoms with Crippen LogP contribution in [0.15, 0.2) is 46.3 Å². The molecule has 0 unspecified atom stereocenters. The van der Waals surface area contributed by atoms with Crippen LogP contribution in [0.3, 0.4) is 0 Å². The Balaban J connectivity index is 1.86. The van der Waals surface area contributed by atoms with Crippen molar-refractivity contribution in [3.05, 3.63) is 52.3 Å².